The van der Waals surface area contributed by atoms with Crippen molar-refractivity contribution < 1.29 is 19.0 Å². The fourth-order valence-electron chi connectivity index (χ4n) is 1.67. The van der Waals surface area contributed by atoms with E-state index in [2.05, 4.69) is 4.90 Å². The van der Waals surface area contributed by atoms with Gasteiger partial charge in [-0.15, -0.1) is 0 Å². The molecule has 0 aliphatic rings. The first-order valence-corrected chi connectivity index (χ1v) is 6.87. The number of methoxy groups -OCH3 is 1. The van der Waals surface area contributed by atoms with Crippen molar-refractivity contribution in [1.82, 2.24) is 4.90 Å². The summed E-state index contributed by atoms with van der Waals surface area (Å²) in [5.74, 6) is 0.167. The fraction of sp³-hybridized carbons (Fsp3) is 0.533. The van der Waals surface area contributed by atoms with Crippen LogP contribution < -0.4 is 10.5 Å². The van der Waals surface area contributed by atoms with Gasteiger partial charge in [0.15, 0.2) is 0 Å². The quantitative estimate of drug-likeness (QED) is 0.422. The SMILES string of the molecule is COCCOC(=O)c1ccc(OCCCN(C)C)c(N)c1. The molecular weight excluding hydrogens is 272 g/mol. The third-order valence-electron chi connectivity index (χ3n) is 2.77. The molecule has 0 radical (unpaired) electrons. The van der Waals surface area contributed by atoms with Gasteiger partial charge >= 0.3 is 5.97 Å². The first-order chi connectivity index (χ1) is 10.0. The van der Waals surface area contributed by atoms with Crippen molar-refractivity contribution in [2.45, 2.75) is 6.42 Å². The molecule has 21 heavy (non-hydrogen) atoms. The third kappa shape index (κ3) is 6.46. The van der Waals surface area contributed by atoms with Crippen molar-refractivity contribution in [2.75, 3.05) is 53.3 Å². The van der Waals surface area contributed by atoms with Gasteiger partial charge in [-0.2, -0.15) is 0 Å². The van der Waals surface area contributed by atoms with E-state index in [0.29, 0.717) is 30.2 Å². The highest BCUT2D eigenvalue weighted by molar-refractivity contribution is 5.91. The Kier molecular flexibility index (Phi) is 7.56. The number of carbonyl (C=O) groups is 1. The molecule has 0 amide bonds. The first-order valence-electron chi connectivity index (χ1n) is 6.87. The monoisotopic (exact) mass is 296 g/mol. The molecule has 1 rings (SSSR count). The van der Waals surface area contributed by atoms with Gasteiger partial charge in [0.05, 0.1) is 24.5 Å². The van der Waals surface area contributed by atoms with Gasteiger partial charge in [0, 0.05) is 13.7 Å². The zero-order valence-electron chi connectivity index (χ0n) is 12.9. The van der Waals surface area contributed by atoms with Gasteiger partial charge in [-0.05, 0) is 38.7 Å². The number of nitrogens with zero attached hydrogens (tertiary/aromatic N) is 1. The molecule has 2 N–H and O–H groups in total. The summed E-state index contributed by atoms with van der Waals surface area (Å²) in [5, 5.41) is 0. The molecule has 0 atom stereocenters. The van der Waals surface area contributed by atoms with Gasteiger partial charge in [-0.25, -0.2) is 4.79 Å². The summed E-state index contributed by atoms with van der Waals surface area (Å²) >= 11 is 0. The van der Waals surface area contributed by atoms with Crippen LogP contribution in [0.1, 0.15) is 16.8 Å². The van der Waals surface area contributed by atoms with Crippen LogP contribution in [0.3, 0.4) is 0 Å². The lowest BCUT2D eigenvalue weighted by Crippen LogP contribution is -2.16. The van der Waals surface area contributed by atoms with Crippen molar-refractivity contribution >= 4 is 11.7 Å². The Morgan fingerprint density at radius 3 is 2.62 bits per heavy atom. The number of carbonyl (C=O) groups excluding carboxylic acids is 1. The minimum Gasteiger partial charge on any atom is -0.491 e. The highest BCUT2D eigenvalue weighted by Crippen LogP contribution is 2.23. The van der Waals surface area contributed by atoms with Crippen LogP contribution in [-0.4, -0.2) is 58.4 Å². The normalized spacial score (nSPS) is 10.7. The molecule has 0 aliphatic heterocycles. The van der Waals surface area contributed by atoms with Crippen molar-refractivity contribution in [1.29, 1.82) is 0 Å². The zero-order valence-corrected chi connectivity index (χ0v) is 12.9. The Bertz CT molecular complexity index is 449. The molecule has 118 valence electrons. The maximum Gasteiger partial charge on any atom is 0.338 e. The van der Waals surface area contributed by atoms with Crippen LogP contribution in [0, 0.1) is 0 Å². The van der Waals surface area contributed by atoms with Crippen LogP contribution >= 0.6 is 0 Å². The summed E-state index contributed by atoms with van der Waals surface area (Å²) in [6.45, 7) is 2.12. The number of esters is 1. The molecule has 0 spiro atoms. The van der Waals surface area contributed by atoms with E-state index in [0.717, 1.165) is 13.0 Å². The van der Waals surface area contributed by atoms with Gasteiger partial charge in [-0.3, -0.25) is 0 Å². The second-order valence-electron chi connectivity index (χ2n) is 4.89. The first kappa shape index (κ1) is 17.3. The molecule has 6 heteroatoms. The van der Waals surface area contributed by atoms with Crippen molar-refractivity contribution in [3.8, 4) is 5.75 Å². The lowest BCUT2D eigenvalue weighted by Gasteiger charge is -2.12. The van der Waals surface area contributed by atoms with Gasteiger partial charge < -0.3 is 24.8 Å². The topological polar surface area (TPSA) is 74.0 Å². The summed E-state index contributed by atoms with van der Waals surface area (Å²) in [6.07, 6.45) is 0.910. The molecule has 0 aromatic heterocycles. The highest BCUT2D eigenvalue weighted by Gasteiger charge is 2.10. The van der Waals surface area contributed by atoms with Crippen LogP contribution in [0.4, 0.5) is 5.69 Å². The molecule has 0 bridgehead atoms. The van der Waals surface area contributed by atoms with E-state index >= 15 is 0 Å². The summed E-state index contributed by atoms with van der Waals surface area (Å²) in [7, 11) is 5.57. The second-order valence-corrected chi connectivity index (χ2v) is 4.89. The smallest absolute Gasteiger partial charge is 0.338 e. The van der Waals surface area contributed by atoms with Gasteiger partial charge in [-0.1, -0.05) is 0 Å². The summed E-state index contributed by atoms with van der Waals surface area (Å²) in [5.41, 5.74) is 6.73. The number of ether oxygens (including phenoxy) is 3. The lowest BCUT2D eigenvalue weighted by molar-refractivity contribution is 0.0388. The van der Waals surface area contributed by atoms with E-state index in [4.69, 9.17) is 19.9 Å². The van der Waals surface area contributed by atoms with E-state index in [9.17, 15) is 4.79 Å². The molecule has 0 fully saturated rings. The van der Waals surface area contributed by atoms with Gasteiger partial charge in [0.1, 0.15) is 12.4 Å². The molecule has 1 aromatic carbocycles. The molecule has 0 unspecified atom stereocenters. The van der Waals surface area contributed by atoms with Crippen molar-refractivity contribution in [3.63, 3.8) is 0 Å². The van der Waals surface area contributed by atoms with Crippen LogP contribution in [0.25, 0.3) is 0 Å². The maximum absolute atomic E-state index is 11.7. The summed E-state index contributed by atoms with van der Waals surface area (Å²) in [4.78, 5) is 13.8. The Balaban J connectivity index is 2.49. The average Bonchev–Trinajstić information content (AvgIpc) is 2.44. The van der Waals surface area contributed by atoms with Crippen LogP contribution in [0.2, 0.25) is 0 Å². The lowest BCUT2D eigenvalue weighted by atomic mass is 10.2. The third-order valence-corrected chi connectivity index (χ3v) is 2.77. The maximum atomic E-state index is 11.7. The van der Waals surface area contributed by atoms with Crippen LogP contribution in [0.5, 0.6) is 5.75 Å². The number of benzene rings is 1. The summed E-state index contributed by atoms with van der Waals surface area (Å²) < 4.78 is 15.4. The second kappa shape index (κ2) is 9.20. The number of rotatable bonds is 9. The molecule has 6 nitrogen and oxygen atoms in total. The van der Waals surface area contributed by atoms with E-state index in [1.165, 1.54) is 0 Å². The summed E-state index contributed by atoms with van der Waals surface area (Å²) in [6, 6.07) is 4.90. The molecule has 0 saturated heterocycles. The predicted octanol–water partition coefficient (Wildman–Crippen LogP) is 1.40. The molecule has 0 aliphatic carbocycles. The predicted molar refractivity (Wildman–Crippen MR) is 81.7 cm³/mol. The van der Waals surface area contributed by atoms with E-state index in [1.54, 1.807) is 25.3 Å². The Labute approximate surface area is 125 Å². The van der Waals surface area contributed by atoms with Crippen LogP contribution in [0.15, 0.2) is 18.2 Å². The number of hydrogen-bond donors (Lipinski definition) is 1. The Morgan fingerprint density at radius 1 is 1.24 bits per heavy atom. The zero-order chi connectivity index (χ0) is 15.7. The van der Waals surface area contributed by atoms with Crippen molar-refractivity contribution in [3.05, 3.63) is 23.8 Å². The van der Waals surface area contributed by atoms with Gasteiger partial charge in [0.2, 0.25) is 0 Å². The van der Waals surface area contributed by atoms with E-state index in [-0.39, 0.29) is 6.61 Å². The molecule has 1 aromatic rings. The van der Waals surface area contributed by atoms with Gasteiger partial charge in [0.25, 0.3) is 0 Å². The fourth-order valence-corrected chi connectivity index (χ4v) is 1.67. The molecular formula is C15H24N2O4. The largest absolute Gasteiger partial charge is 0.491 e. The minimum absolute atomic E-state index is 0.220. The standard InChI is InChI=1S/C15H24N2O4/c1-17(2)7-4-8-20-14-6-5-12(11-13(14)16)15(18)21-10-9-19-3/h5-6,11H,4,7-10,16H2,1-3H3. The number of hydrogen-bond acceptors (Lipinski definition) is 6. The van der Waals surface area contributed by atoms with Crippen molar-refractivity contribution in [2.24, 2.45) is 0 Å². The number of anilines is 1. The number of nitrogen functional groups attached to an aromatic ring is 1. The average molecular weight is 296 g/mol. The minimum atomic E-state index is -0.419. The molecule has 0 saturated carbocycles. The Morgan fingerprint density at radius 2 is 2.00 bits per heavy atom. The van der Waals surface area contributed by atoms with E-state index in [1.807, 2.05) is 14.1 Å². The van der Waals surface area contributed by atoms with E-state index < -0.39 is 5.97 Å². The number of nitrogens with two attached hydrogens (primary N) is 1. The highest BCUT2D eigenvalue weighted by atomic mass is 16.6. The molecule has 0 heterocycles. The van der Waals surface area contributed by atoms with Crippen LogP contribution in [-0.2, 0) is 9.47 Å². The Hall–Kier alpha value is -1.79.